The van der Waals surface area contributed by atoms with Crippen LogP contribution in [-0.2, 0) is 22.6 Å². The smallest absolute Gasteiger partial charge is 0.263 e. The standard InChI is InChI=1S/C12H10ClFN4O2S/c1-17-12(15-7-16-17)6-18-5-11(21(13,19)20)9-4-8(14)2-3-10(9)18/h2-5,7H,6H2,1H3. The van der Waals surface area contributed by atoms with Gasteiger partial charge in [0.05, 0.1) is 12.1 Å². The minimum Gasteiger partial charge on any atom is -0.338 e. The molecule has 0 atom stereocenters. The number of hydrogen-bond acceptors (Lipinski definition) is 4. The maximum Gasteiger partial charge on any atom is 0.263 e. The zero-order chi connectivity index (χ0) is 15.2. The van der Waals surface area contributed by atoms with E-state index >= 15 is 0 Å². The fourth-order valence-corrected chi connectivity index (χ4v) is 3.23. The predicted octanol–water partition coefficient (Wildman–Crippen LogP) is 1.88. The van der Waals surface area contributed by atoms with E-state index in [0.717, 1.165) is 6.07 Å². The van der Waals surface area contributed by atoms with Crippen molar-refractivity contribution in [1.29, 1.82) is 0 Å². The first-order valence-corrected chi connectivity index (χ1v) is 8.23. The Balaban J connectivity index is 2.22. The summed E-state index contributed by atoms with van der Waals surface area (Å²) in [5.41, 5.74) is 0.554. The van der Waals surface area contributed by atoms with Crippen molar-refractivity contribution in [3.63, 3.8) is 0 Å². The molecule has 3 rings (SSSR count). The van der Waals surface area contributed by atoms with Gasteiger partial charge in [-0.05, 0) is 18.2 Å². The molecule has 0 spiro atoms. The average Bonchev–Trinajstić information content (AvgIpc) is 2.94. The van der Waals surface area contributed by atoms with Crippen LogP contribution < -0.4 is 0 Å². The molecule has 9 heteroatoms. The van der Waals surface area contributed by atoms with Gasteiger partial charge in [-0.1, -0.05) is 0 Å². The normalized spacial score (nSPS) is 12.1. The van der Waals surface area contributed by atoms with Crippen LogP contribution in [0.3, 0.4) is 0 Å². The van der Waals surface area contributed by atoms with Gasteiger partial charge < -0.3 is 4.57 Å². The van der Waals surface area contributed by atoms with Crippen LogP contribution in [-0.4, -0.2) is 27.7 Å². The number of fused-ring (bicyclic) bond motifs is 1. The maximum absolute atomic E-state index is 13.4. The first kappa shape index (κ1) is 14.0. The van der Waals surface area contributed by atoms with Crippen molar-refractivity contribution in [3.8, 4) is 0 Å². The van der Waals surface area contributed by atoms with Crippen LogP contribution in [0.15, 0.2) is 35.6 Å². The largest absolute Gasteiger partial charge is 0.338 e. The van der Waals surface area contributed by atoms with Crippen LogP contribution in [0.4, 0.5) is 4.39 Å². The number of aromatic nitrogens is 4. The second kappa shape index (κ2) is 4.81. The number of nitrogens with zero attached hydrogens (tertiary/aromatic N) is 4. The average molecular weight is 329 g/mol. The van der Waals surface area contributed by atoms with Crippen molar-refractivity contribution in [3.05, 3.63) is 42.4 Å². The summed E-state index contributed by atoms with van der Waals surface area (Å²) in [6.45, 7) is 0.297. The highest BCUT2D eigenvalue weighted by atomic mass is 35.7. The number of halogens is 2. The molecule has 0 saturated carbocycles. The van der Waals surface area contributed by atoms with Gasteiger partial charge in [0.15, 0.2) is 0 Å². The summed E-state index contributed by atoms with van der Waals surface area (Å²) in [7, 11) is 3.18. The van der Waals surface area contributed by atoms with Crippen molar-refractivity contribution < 1.29 is 12.8 Å². The molecule has 6 nitrogen and oxygen atoms in total. The van der Waals surface area contributed by atoms with Crippen LogP contribution in [0, 0.1) is 5.82 Å². The molecular weight excluding hydrogens is 319 g/mol. The molecule has 0 bridgehead atoms. The van der Waals surface area contributed by atoms with Gasteiger partial charge in [0.1, 0.15) is 22.9 Å². The Morgan fingerprint density at radius 1 is 1.38 bits per heavy atom. The zero-order valence-electron chi connectivity index (χ0n) is 10.9. The number of aryl methyl sites for hydroxylation is 1. The third-order valence-electron chi connectivity index (χ3n) is 3.19. The lowest BCUT2D eigenvalue weighted by Gasteiger charge is -2.04. The summed E-state index contributed by atoms with van der Waals surface area (Å²) in [5.74, 6) is 0.107. The van der Waals surface area contributed by atoms with Gasteiger partial charge in [0.25, 0.3) is 9.05 Å². The molecule has 2 heterocycles. The van der Waals surface area contributed by atoms with Crippen molar-refractivity contribution in [1.82, 2.24) is 19.3 Å². The van der Waals surface area contributed by atoms with Gasteiger partial charge in [-0.25, -0.2) is 17.8 Å². The second-order valence-corrected chi connectivity index (χ2v) is 7.05. The maximum atomic E-state index is 13.4. The Labute approximate surface area is 124 Å². The van der Waals surface area contributed by atoms with E-state index in [-0.39, 0.29) is 10.3 Å². The number of rotatable bonds is 3. The van der Waals surface area contributed by atoms with Gasteiger partial charge in [-0.3, -0.25) is 4.68 Å². The molecule has 1 aromatic carbocycles. The summed E-state index contributed by atoms with van der Waals surface area (Å²) >= 11 is 0. The third kappa shape index (κ3) is 2.52. The molecule has 0 radical (unpaired) electrons. The zero-order valence-corrected chi connectivity index (χ0v) is 12.4. The monoisotopic (exact) mass is 328 g/mol. The predicted molar refractivity (Wildman–Crippen MR) is 75.0 cm³/mol. The Bertz CT molecular complexity index is 932. The van der Waals surface area contributed by atoms with Crippen molar-refractivity contribution in [2.24, 2.45) is 7.05 Å². The van der Waals surface area contributed by atoms with E-state index in [4.69, 9.17) is 10.7 Å². The van der Waals surface area contributed by atoms with Gasteiger partial charge in [-0.15, -0.1) is 0 Å². The van der Waals surface area contributed by atoms with Gasteiger partial charge in [0.2, 0.25) is 0 Å². The Morgan fingerprint density at radius 3 is 2.76 bits per heavy atom. The molecule has 0 fully saturated rings. The molecule has 0 unspecified atom stereocenters. The van der Waals surface area contributed by atoms with Crippen molar-refractivity contribution in [2.75, 3.05) is 0 Å². The molecule has 110 valence electrons. The van der Waals surface area contributed by atoms with Crippen LogP contribution >= 0.6 is 10.7 Å². The quantitative estimate of drug-likeness (QED) is 0.688. The molecule has 0 aliphatic rings. The molecule has 0 aliphatic heterocycles. The molecule has 3 aromatic rings. The van der Waals surface area contributed by atoms with Crippen LogP contribution in [0.1, 0.15) is 5.82 Å². The first-order chi connectivity index (χ1) is 9.86. The van der Waals surface area contributed by atoms with Crippen LogP contribution in [0.25, 0.3) is 10.9 Å². The molecular formula is C12H10ClFN4O2S. The molecule has 0 N–H and O–H groups in total. The van der Waals surface area contributed by atoms with E-state index in [1.54, 1.807) is 16.3 Å². The Morgan fingerprint density at radius 2 is 2.14 bits per heavy atom. The Kier molecular flexibility index (Phi) is 3.22. The fraction of sp³-hybridized carbons (Fsp3) is 0.167. The highest BCUT2D eigenvalue weighted by Gasteiger charge is 2.20. The molecule has 0 amide bonds. The molecule has 0 saturated heterocycles. The lowest BCUT2D eigenvalue weighted by molar-refractivity contribution is 0.609. The molecule has 21 heavy (non-hydrogen) atoms. The summed E-state index contributed by atoms with van der Waals surface area (Å²) in [4.78, 5) is 3.96. The summed E-state index contributed by atoms with van der Waals surface area (Å²) < 4.78 is 39.9. The van der Waals surface area contributed by atoms with E-state index < -0.39 is 14.9 Å². The number of hydrogen-bond donors (Lipinski definition) is 0. The van der Waals surface area contributed by atoms with Crippen molar-refractivity contribution in [2.45, 2.75) is 11.4 Å². The highest BCUT2D eigenvalue weighted by molar-refractivity contribution is 8.14. The number of benzene rings is 1. The van der Waals surface area contributed by atoms with Crippen LogP contribution in [0.5, 0.6) is 0 Å². The SMILES string of the molecule is Cn1ncnc1Cn1cc(S(=O)(=O)Cl)c2cc(F)ccc21. The minimum atomic E-state index is -3.97. The highest BCUT2D eigenvalue weighted by Crippen LogP contribution is 2.29. The molecule has 2 aromatic heterocycles. The van der Waals surface area contributed by atoms with E-state index in [2.05, 4.69) is 10.1 Å². The Hall–Kier alpha value is -1.93. The van der Waals surface area contributed by atoms with Crippen LogP contribution in [0.2, 0.25) is 0 Å². The topological polar surface area (TPSA) is 69.8 Å². The van der Waals surface area contributed by atoms with Crippen molar-refractivity contribution >= 4 is 30.6 Å². The van der Waals surface area contributed by atoms with E-state index in [1.807, 2.05) is 0 Å². The van der Waals surface area contributed by atoms with E-state index in [1.165, 1.54) is 24.7 Å². The van der Waals surface area contributed by atoms with Gasteiger partial charge in [0, 0.05) is 29.3 Å². The van der Waals surface area contributed by atoms with E-state index in [0.29, 0.717) is 17.9 Å². The lowest BCUT2D eigenvalue weighted by Crippen LogP contribution is -2.06. The second-order valence-electron chi connectivity index (χ2n) is 4.52. The first-order valence-electron chi connectivity index (χ1n) is 5.92. The molecule has 0 aliphatic carbocycles. The minimum absolute atomic E-state index is 0.124. The summed E-state index contributed by atoms with van der Waals surface area (Å²) in [6.07, 6.45) is 2.78. The van der Waals surface area contributed by atoms with Gasteiger partial charge >= 0.3 is 0 Å². The fourth-order valence-electron chi connectivity index (χ4n) is 2.18. The van der Waals surface area contributed by atoms with E-state index in [9.17, 15) is 12.8 Å². The summed E-state index contributed by atoms with van der Waals surface area (Å²) in [6, 6.07) is 3.92. The summed E-state index contributed by atoms with van der Waals surface area (Å²) in [5, 5.41) is 4.19. The lowest BCUT2D eigenvalue weighted by atomic mass is 10.2. The van der Waals surface area contributed by atoms with Gasteiger partial charge in [-0.2, -0.15) is 5.10 Å². The third-order valence-corrected chi connectivity index (χ3v) is 4.54.